The van der Waals surface area contributed by atoms with Crippen molar-refractivity contribution < 1.29 is 18.3 Å². The standard InChI is InChI=1S/C11H22N2O4S2/c1-8(10(6-14)18-2)13-11(15)5-9-7-19(16,17)4-3-12-9/h8-10,12,14H,3-7H2,1-2H3,(H,13,15). The molecule has 0 radical (unpaired) electrons. The molecule has 0 spiro atoms. The number of hydrogen-bond donors (Lipinski definition) is 3. The Bertz CT molecular complexity index is 395. The Morgan fingerprint density at radius 1 is 1.58 bits per heavy atom. The topological polar surface area (TPSA) is 95.5 Å². The summed E-state index contributed by atoms with van der Waals surface area (Å²) >= 11 is 1.49. The molecule has 3 atom stereocenters. The molecule has 1 aliphatic heterocycles. The molecule has 1 rings (SSSR count). The lowest BCUT2D eigenvalue weighted by molar-refractivity contribution is -0.122. The van der Waals surface area contributed by atoms with E-state index >= 15 is 0 Å². The molecule has 0 aliphatic carbocycles. The summed E-state index contributed by atoms with van der Waals surface area (Å²) in [6.45, 7) is 2.24. The predicted molar refractivity (Wildman–Crippen MR) is 77.1 cm³/mol. The number of sulfone groups is 1. The molecule has 0 bridgehead atoms. The second kappa shape index (κ2) is 7.47. The number of aliphatic hydroxyl groups excluding tert-OH is 1. The number of carbonyl (C=O) groups is 1. The van der Waals surface area contributed by atoms with E-state index in [-0.39, 0.29) is 47.8 Å². The monoisotopic (exact) mass is 310 g/mol. The van der Waals surface area contributed by atoms with Gasteiger partial charge in [0, 0.05) is 30.3 Å². The van der Waals surface area contributed by atoms with E-state index in [0.29, 0.717) is 6.54 Å². The highest BCUT2D eigenvalue weighted by Crippen LogP contribution is 2.11. The van der Waals surface area contributed by atoms with Crippen LogP contribution in [-0.4, -0.2) is 67.7 Å². The van der Waals surface area contributed by atoms with Gasteiger partial charge in [0.1, 0.15) is 0 Å². The van der Waals surface area contributed by atoms with E-state index in [9.17, 15) is 13.2 Å². The molecule has 3 unspecified atom stereocenters. The van der Waals surface area contributed by atoms with Gasteiger partial charge in [-0.2, -0.15) is 11.8 Å². The number of amides is 1. The molecule has 0 aromatic rings. The van der Waals surface area contributed by atoms with Gasteiger partial charge in [0.2, 0.25) is 5.91 Å². The zero-order valence-corrected chi connectivity index (χ0v) is 12.9. The normalized spacial score (nSPS) is 25.5. The van der Waals surface area contributed by atoms with E-state index < -0.39 is 9.84 Å². The molecule has 1 fully saturated rings. The lowest BCUT2D eigenvalue weighted by Gasteiger charge is -2.25. The van der Waals surface area contributed by atoms with Crippen molar-refractivity contribution in [2.45, 2.75) is 30.7 Å². The number of thioether (sulfide) groups is 1. The summed E-state index contributed by atoms with van der Waals surface area (Å²) in [6, 6.07) is -0.458. The summed E-state index contributed by atoms with van der Waals surface area (Å²) in [5.41, 5.74) is 0. The number of rotatable bonds is 6. The van der Waals surface area contributed by atoms with E-state index in [1.807, 2.05) is 13.2 Å². The Hall–Kier alpha value is -0.310. The maximum absolute atomic E-state index is 11.8. The van der Waals surface area contributed by atoms with Crippen LogP contribution in [0.25, 0.3) is 0 Å². The van der Waals surface area contributed by atoms with Crippen LogP contribution in [0.3, 0.4) is 0 Å². The fourth-order valence-corrected chi connectivity index (χ4v) is 4.13. The molecule has 3 N–H and O–H groups in total. The van der Waals surface area contributed by atoms with E-state index in [4.69, 9.17) is 5.11 Å². The van der Waals surface area contributed by atoms with Gasteiger partial charge in [-0.15, -0.1) is 0 Å². The fourth-order valence-electron chi connectivity index (χ4n) is 2.06. The van der Waals surface area contributed by atoms with Gasteiger partial charge in [0.05, 0.1) is 18.1 Å². The smallest absolute Gasteiger partial charge is 0.221 e. The first-order valence-electron chi connectivity index (χ1n) is 6.24. The number of aliphatic hydroxyl groups is 1. The molecular weight excluding hydrogens is 288 g/mol. The van der Waals surface area contributed by atoms with E-state index in [1.54, 1.807) is 0 Å². The molecule has 8 heteroatoms. The molecule has 1 aliphatic rings. The summed E-state index contributed by atoms with van der Waals surface area (Å²) in [5.74, 6) is -0.0314. The maximum atomic E-state index is 11.8. The Morgan fingerprint density at radius 3 is 2.79 bits per heavy atom. The third-order valence-corrected chi connectivity index (χ3v) is 6.06. The van der Waals surface area contributed by atoms with Gasteiger partial charge < -0.3 is 15.7 Å². The molecule has 1 saturated heterocycles. The van der Waals surface area contributed by atoms with Crippen molar-refractivity contribution in [3.05, 3.63) is 0 Å². The first-order valence-corrected chi connectivity index (χ1v) is 9.35. The van der Waals surface area contributed by atoms with E-state index in [0.717, 1.165) is 0 Å². The minimum Gasteiger partial charge on any atom is -0.395 e. The van der Waals surface area contributed by atoms with Crippen molar-refractivity contribution in [1.82, 2.24) is 10.6 Å². The van der Waals surface area contributed by atoms with Crippen LogP contribution in [0.2, 0.25) is 0 Å². The summed E-state index contributed by atoms with van der Waals surface area (Å²) in [7, 11) is -3.02. The van der Waals surface area contributed by atoms with Crippen LogP contribution in [0, 0.1) is 0 Å². The first kappa shape index (κ1) is 16.7. The van der Waals surface area contributed by atoms with Gasteiger partial charge in [0.25, 0.3) is 0 Å². The Kier molecular flexibility index (Phi) is 6.58. The number of carbonyl (C=O) groups excluding carboxylic acids is 1. The predicted octanol–water partition coefficient (Wildman–Crippen LogP) is -1.01. The van der Waals surface area contributed by atoms with Crippen molar-refractivity contribution in [3.63, 3.8) is 0 Å². The van der Waals surface area contributed by atoms with Crippen molar-refractivity contribution in [2.24, 2.45) is 0 Å². The first-order chi connectivity index (χ1) is 8.88. The van der Waals surface area contributed by atoms with Crippen molar-refractivity contribution in [3.8, 4) is 0 Å². The highest BCUT2D eigenvalue weighted by Gasteiger charge is 2.27. The molecular formula is C11H22N2O4S2. The largest absolute Gasteiger partial charge is 0.395 e. The van der Waals surface area contributed by atoms with Crippen LogP contribution in [0.15, 0.2) is 0 Å². The van der Waals surface area contributed by atoms with E-state index in [1.165, 1.54) is 11.8 Å². The van der Waals surface area contributed by atoms with Gasteiger partial charge in [-0.25, -0.2) is 8.42 Å². The SMILES string of the molecule is CSC(CO)C(C)NC(=O)CC1CS(=O)(=O)CCN1. The highest BCUT2D eigenvalue weighted by molar-refractivity contribution is 7.99. The minimum atomic E-state index is -3.02. The molecule has 0 aromatic heterocycles. The van der Waals surface area contributed by atoms with Gasteiger partial charge in [-0.3, -0.25) is 4.79 Å². The maximum Gasteiger partial charge on any atom is 0.221 e. The number of hydrogen-bond acceptors (Lipinski definition) is 6. The van der Waals surface area contributed by atoms with Crippen molar-refractivity contribution in [1.29, 1.82) is 0 Å². The Balaban J connectivity index is 2.42. The van der Waals surface area contributed by atoms with Crippen LogP contribution < -0.4 is 10.6 Å². The van der Waals surface area contributed by atoms with Crippen LogP contribution in [0.4, 0.5) is 0 Å². The lowest BCUT2D eigenvalue weighted by Crippen LogP contribution is -2.49. The Labute approximate surface area is 118 Å². The van der Waals surface area contributed by atoms with Crippen LogP contribution >= 0.6 is 11.8 Å². The molecule has 6 nitrogen and oxygen atoms in total. The molecule has 1 heterocycles. The third-order valence-electron chi connectivity index (χ3n) is 3.16. The third kappa shape index (κ3) is 5.68. The van der Waals surface area contributed by atoms with Crippen LogP contribution in [0.1, 0.15) is 13.3 Å². The summed E-state index contributed by atoms with van der Waals surface area (Å²) < 4.78 is 22.9. The molecule has 112 valence electrons. The Morgan fingerprint density at radius 2 is 2.26 bits per heavy atom. The quantitative estimate of drug-likeness (QED) is 0.582. The van der Waals surface area contributed by atoms with Gasteiger partial charge in [0.15, 0.2) is 9.84 Å². The highest BCUT2D eigenvalue weighted by atomic mass is 32.2. The van der Waals surface area contributed by atoms with Gasteiger partial charge in [-0.05, 0) is 13.2 Å². The zero-order valence-electron chi connectivity index (χ0n) is 11.3. The molecule has 0 aromatic carbocycles. The second-order valence-corrected chi connectivity index (χ2v) is 8.09. The van der Waals surface area contributed by atoms with Gasteiger partial charge in [-0.1, -0.05) is 0 Å². The van der Waals surface area contributed by atoms with E-state index in [2.05, 4.69) is 10.6 Å². The molecule has 19 heavy (non-hydrogen) atoms. The van der Waals surface area contributed by atoms with Crippen LogP contribution in [-0.2, 0) is 14.6 Å². The number of nitrogens with one attached hydrogen (secondary N) is 2. The second-order valence-electron chi connectivity index (χ2n) is 4.78. The van der Waals surface area contributed by atoms with Gasteiger partial charge >= 0.3 is 0 Å². The average molecular weight is 310 g/mol. The average Bonchev–Trinajstić information content (AvgIpc) is 2.28. The molecule has 0 saturated carbocycles. The zero-order chi connectivity index (χ0) is 14.5. The van der Waals surface area contributed by atoms with Crippen molar-refractivity contribution in [2.75, 3.05) is 30.9 Å². The minimum absolute atomic E-state index is 0.00132. The fraction of sp³-hybridized carbons (Fsp3) is 0.909. The summed E-state index contributed by atoms with van der Waals surface area (Å²) in [5, 5.41) is 14.9. The van der Waals surface area contributed by atoms with Crippen LogP contribution in [0.5, 0.6) is 0 Å². The molecule has 1 amide bonds. The summed E-state index contributed by atoms with van der Waals surface area (Å²) in [4.78, 5) is 11.8. The lowest BCUT2D eigenvalue weighted by atomic mass is 10.2. The summed E-state index contributed by atoms with van der Waals surface area (Å²) in [6.07, 6.45) is 2.02. The van der Waals surface area contributed by atoms with Crippen molar-refractivity contribution >= 4 is 27.5 Å².